The monoisotopic (exact) mass is 343 g/mol. The number of amides is 1. The first-order valence-corrected chi connectivity index (χ1v) is 8.23. The van der Waals surface area contributed by atoms with Crippen LogP contribution in [0.25, 0.3) is 21.7 Å². The Hall–Kier alpha value is -3.47. The maximum Gasteiger partial charge on any atom is 0.260 e. The summed E-state index contributed by atoms with van der Waals surface area (Å²) >= 11 is 0. The number of methoxy groups -OCH3 is 1. The van der Waals surface area contributed by atoms with Crippen molar-refractivity contribution >= 4 is 33.3 Å². The fourth-order valence-corrected chi connectivity index (χ4v) is 3.08. The summed E-state index contributed by atoms with van der Waals surface area (Å²) in [5, 5.41) is 3.06. The van der Waals surface area contributed by atoms with Crippen LogP contribution < -0.4 is 9.64 Å². The Labute approximate surface area is 150 Å². The fourth-order valence-electron chi connectivity index (χ4n) is 3.08. The van der Waals surface area contributed by atoms with Gasteiger partial charge in [0.15, 0.2) is 0 Å². The van der Waals surface area contributed by atoms with Crippen LogP contribution in [0.5, 0.6) is 5.88 Å². The summed E-state index contributed by atoms with van der Waals surface area (Å²) < 4.78 is 5.08. The number of ether oxygens (including phenoxy) is 1. The van der Waals surface area contributed by atoms with Gasteiger partial charge in [0.05, 0.1) is 30.1 Å². The number of rotatable bonds is 3. The molecule has 0 aliphatic heterocycles. The van der Waals surface area contributed by atoms with Crippen molar-refractivity contribution in [3.05, 3.63) is 72.6 Å². The molecule has 26 heavy (non-hydrogen) atoms. The molecule has 2 aromatic carbocycles. The molecular weight excluding hydrogens is 326 g/mol. The zero-order chi connectivity index (χ0) is 18.1. The zero-order valence-electron chi connectivity index (χ0n) is 14.5. The van der Waals surface area contributed by atoms with Gasteiger partial charge in [0.25, 0.3) is 5.91 Å². The number of hydrogen-bond acceptors (Lipinski definition) is 4. The molecule has 0 saturated heterocycles. The SMILES string of the molecule is COc1ccc(N(C)C(=O)c2cc3ccccc3c3cccnc23)cn1. The highest BCUT2D eigenvalue weighted by Crippen LogP contribution is 2.29. The average molecular weight is 343 g/mol. The van der Waals surface area contributed by atoms with Gasteiger partial charge in [-0.25, -0.2) is 4.98 Å². The van der Waals surface area contributed by atoms with Crippen LogP contribution >= 0.6 is 0 Å². The van der Waals surface area contributed by atoms with Gasteiger partial charge in [-0.3, -0.25) is 9.78 Å². The Morgan fingerprint density at radius 3 is 2.58 bits per heavy atom. The molecule has 5 nitrogen and oxygen atoms in total. The molecule has 2 aromatic heterocycles. The zero-order valence-corrected chi connectivity index (χ0v) is 14.5. The van der Waals surface area contributed by atoms with E-state index in [0.29, 0.717) is 22.6 Å². The van der Waals surface area contributed by atoms with E-state index in [1.807, 2.05) is 42.5 Å². The summed E-state index contributed by atoms with van der Waals surface area (Å²) in [5.74, 6) is 0.374. The van der Waals surface area contributed by atoms with Crippen LogP contribution in [0.2, 0.25) is 0 Å². The van der Waals surface area contributed by atoms with E-state index in [-0.39, 0.29) is 5.91 Å². The first-order chi connectivity index (χ1) is 12.7. The third-order valence-electron chi connectivity index (χ3n) is 4.47. The van der Waals surface area contributed by atoms with Crippen LogP contribution in [0.15, 0.2) is 67.0 Å². The van der Waals surface area contributed by atoms with Crippen molar-refractivity contribution in [3.8, 4) is 5.88 Å². The second-order valence-corrected chi connectivity index (χ2v) is 5.97. The van der Waals surface area contributed by atoms with Crippen LogP contribution in [0, 0.1) is 0 Å². The lowest BCUT2D eigenvalue weighted by Crippen LogP contribution is -2.26. The summed E-state index contributed by atoms with van der Waals surface area (Å²) in [4.78, 5) is 23.4. The summed E-state index contributed by atoms with van der Waals surface area (Å²) in [6, 6.07) is 17.3. The Morgan fingerprint density at radius 1 is 1.00 bits per heavy atom. The standard InChI is InChI=1S/C21H17N3O2/c1-24(15-9-10-19(26-2)23-13-15)21(25)18-12-14-6-3-4-7-16(14)17-8-5-11-22-20(17)18/h3-13H,1-2H3. The number of benzene rings is 2. The Kier molecular flexibility index (Phi) is 3.97. The Bertz CT molecular complexity index is 1110. The lowest BCUT2D eigenvalue weighted by atomic mass is 10.00. The van der Waals surface area contributed by atoms with Crippen molar-refractivity contribution in [2.24, 2.45) is 0 Å². The van der Waals surface area contributed by atoms with E-state index in [2.05, 4.69) is 9.97 Å². The molecule has 5 heteroatoms. The summed E-state index contributed by atoms with van der Waals surface area (Å²) in [6.45, 7) is 0. The molecule has 0 spiro atoms. The van der Waals surface area contributed by atoms with Crippen molar-refractivity contribution in [2.45, 2.75) is 0 Å². The molecular formula is C21H17N3O2. The quantitative estimate of drug-likeness (QED) is 0.526. The minimum atomic E-state index is -0.133. The highest BCUT2D eigenvalue weighted by atomic mass is 16.5. The molecule has 0 bridgehead atoms. The van der Waals surface area contributed by atoms with Gasteiger partial charge in [0.2, 0.25) is 5.88 Å². The van der Waals surface area contributed by atoms with Crippen molar-refractivity contribution in [2.75, 3.05) is 19.1 Å². The molecule has 0 N–H and O–H groups in total. The van der Waals surface area contributed by atoms with Gasteiger partial charge in [-0.15, -0.1) is 0 Å². The molecule has 0 atom stereocenters. The second-order valence-electron chi connectivity index (χ2n) is 5.97. The van der Waals surface area contributed by atoms with Crippen LogP contribution in [0.3, 0.4) is 0 Å². The first kappa shape index (κ1) is 16.0. The van der Waals surface area contributed by atoms with Gasteiger partial charge >= 0.3 is 0 Å². The molecule has 2 heterocycles. The van der Waals surface area contributed by atoms with Gasteiger partial charge in [-0.05, 0) is 29.0 Å². The molecule has 0 unspecified atom stereocenters. The van der Waals surface area contributed by atoms with E-state index in [9.17, 15) is 4.79 Å². The second kappa shape index (κ2) is 6.44. The number of anilines is 1. The van der Waals surface area contributed by atoms with Gasteiger partial charge in [0, 0.05) is 24.7 Å². The lowest BCUT2D eigenvalue weighted by molar-refractivity contribution is 0.0994. The predicted octanol–water partition coefficient (Wildman–Crippen LogP) is 4.07. The van der Waals surface area contributed by atoms with Crippen LogP contribution in [-0.4, -0.2) is 30.0 Å². The number of fused-ring (bicyclic) bond motifs is 3. The topological polar surface area (TPSA) is 55.3 Å². The van der Waals surface area contributed by atoms with Crippen LogP contribution in [0.1, 0.15) is 10.4 Å². The maximum absolute atomic E-state index is 13.2. The van der Waals surface area contributed by atoms with Crippen molar-refractivity contribution in [1.29, 1.82) is 0 Å². The summed E-state index contributed by atoms with van der Waals surface area (Å²) in [7, 11) is 3.29. The molecule has 1 amide bonds. The average Bonchev–Trinajstić information content (AvgIpc) is 2.72. The Morgan fingerprint density at radius 2 is 1.81 bits per heavy atom. The van der Waals surface area contributed by atoms with Crippen LogP contribution in [-0.2, 0) is 0 Å². The normalized spacial score (nSPS) is 10.8. The Balaban J connectivity index is 1.84. The maximum atomic E-state index is 13.2. The molecule has 0 radical (unpaired) electrons. The van der Waals surface area contributed by atoms with Gasteiger partial charge < -0.3 is 9.64 Å². The van der Waals surface area contributed by atoms with Crippen molar-refractivity contribution < 1.29 is 9.53 Å². The van der Waals surface area contributed by atoms with E-state index in [1.54, 1.807) is 43.6 Å². The van der Waals surface area contributed by atoms with Gasteiger partial charge in [-0.1, -0.05) is 30.3 Å². The number of nitrogens with zero attached hydrogens (tertiary/aromatic N) is 3. The minimum absolute atomic E-state index is 0.133. The number of aromatic nitrogens is 2. The molecule has 0 aliphatic rings. The molecule has 4 aromatic rings. The first-order valence-electron chi connectivity index (χ1n) is 8.23. The van der Waals surface area contributed by atoms with Crippen LogP contribution in [0.4, 0.5) is 5.69 Å². The smallest absolute Gasteiger partial charge is 0.260 e. The summed E-state index contributed by atoms with van der Waals surface area (Å²) in [6.07, 6.45) is 3.33. The molecule has 0 aliphatic carbocycles. The number of pyridine rings is 2. The summed E-state index contributed by atoms with van der Waals surface area (Å²) in [5.41, 5.74) is 1.95. The van der Waals surface area contributed by atoms with E-state index in [4.69, 9.17) is 4.74 Å². The largest absolute Gasteiger partial charge is 0.481 e. The highest BCUT2D eigenvalue weighted by Gasteiger charge is 2.19. The molecule has 0 fully saturated rings. The van der Waals surface area contributed by atoms with Gasteiger partial charge in [0.1, 0.15) is 0 Å². The minimum Gasteiger partial charge on any atom is -0.481 e. The van der Waals surface area contributed by atoms with E-state index < -0.39 is 0 Å². The number of hydrogen-bond donors (Lipinski definition) is 0. The predicted molar refractivity (Wildman–Crippen MR) is 103 cm³/mol. The van der Waals surface area contributed by atoms with Gasteiger partial charge in [-0.2, -0.15) is 0 Å². The highest BCUT2D eigenvalue weighted by molar-refractivity contribution is 6.19. The third-order valence-corrected chi connectivity index (χ3v) is 4.47. The van der Waals surface area contributed by atoms with Crippen molar-refractivity contribution in [3.63, 3.8) is 0 Å². The van der Waals surface area contributed by atoms with E-state index >= 15 is 0 Å². The number of carbonyl (C=O) groups is 1. The van der Waals surface area contributed by atoms with E-state index in [1.165, 1.54) is 0 Å². The fraction of sp³-hybridized carbons (Fsp3) is 0.0952. The van der Waals surface area contributed by atoms with E-state index in [0.717, 1.165) is 16.2 Å². The molecule has 4 rings (SSSR count). The molecule has 128 valence electrons. The third kappa shape index (κ3) is 2.63. The van der Waals surface area contributed by atoms with Crippen molar-refractivity contribution in [1.82, 2.24) is 9.97 Å². The number of carbonyl (C=O) groups excluding carboxylic acids is 1. The molecule has 0 saturated carbocycles. The lowest BCUT2D eigenvalue weighted by Gasteiger charge is -2.18.